The molecular formula is C36H49F3N6O6. The fraction of sp³-hybridized carbons (Fsp3) is 0.583. The monoisotopic (exact) mass is 718 g/mol. The first kappa shape index (κ1) is 39.5. The Balaban J connectivity index is 1.34. The molecule has 4 rings (SSSR count). The number of ether oxygens (including phenoxy) is 4. The van der Waals surface area contributed by atoms with E-state index in [2.05, 4.69) is 39.5 Å². The highest BCUT2D eigenvalue weighted by atomic mass is 19.4. The third kappa shape index (κ3) is 11.9. The second kappa shape index (κ2) is 17.8. The fourth-order valence-corrected chi connectivity index (χ4v) is 6.02. The number of anilines is 1. The van der Waals surface area contributed by atoms with E-state index in [1.807, 2.05) is 6.07 Å². The molecule has 51 heavy (non-hydrogen) atoms. The van der Waals surface area contributed by atoms with Gasteiger partial charge >= 0.3 is 18.2 Å². The minimum Gasteiger partial charge on any atom is -0.465 e. The molecule has 0 aliphatic carbocycles. The molecule has 1 aromatic carbocycles. The third-order valence-electron chi connectivity index (χ3n) is 8.46. The lowest BCUT2D eigenvalue weighted by Gasteiger charge is -2.38. The molecule has 0 radical (unpaired) electrons. The highest BCUT2D eigenvalue weighted by molar-refractivity contribution is 5.94. The van der Waals surface area contributed by atoms with Crippen LogP contribution in [0.3, 0.4) is 0 Å². The van der Waals surface area contributed by atoms with Crippen LogP contribution < -0.4 is 10.6 Å². The van der Waals surface area contributed by atoms with Crippen molar-refractivity contribution < 1.29 is 41.7 Å². The van der Waals surface area contributed by atoms with Crippen molar-refractivity contribution in [2.24, 2.45) is 5.92 Å². The molecule has 2 aromatic heterocycles. The molecule has 1 saturated heterocycles. The van der Waals surface area contributed by atoms with Gasteiger partial charge in [0.2, 0.25) is 0 Å². The van der Waals surface area contributed by atoms with Gasteiger partial charge < -0.3 is 39.0 Å². The van der Waals surface area contributed by atoms with E-state index in [-0.39, 0.29) is 24.2 Å². The zero-order chi connectivity index (χ0) is 37.2. The summed E-state index contributed by atoms with van der Waals surface area (Å²) in [5, 5.41) is 11.0. The van der Waals surface area contributed by atoms with Crippen molar-refractivity contribution in [2.75, 3.05) is 65.5 Å². The Labute approximate surface area is 296 Å². The highest BCUT2D eigenvalue weighted by Gasteiger charge is 2.31. The number of hydrogen-bond donors (Lipinski definition) is 2. The summed E-state index contributed by atoms with van der Waals surface area (Å²) in [6.07, 6.45) is -1.98. The van der Waals surface area contributed by atoms with E-state index in [0.717, 1.165) is 37.3 Å². The number of halogens is 3. The van der Waals surface area contributed by atoms with Crippen molar-refractivity contribution in [1.29, 1.82) is 0 Å². The molecule has 280 valence electrons. The van der Waals surface area contributed by atoms with Gasteiger partial charge in [0.25, 0.3) is 0 Å². The molecule has 15 heteroatoms. The number of carbonyl (C=O) groups is 2. The normalized spacial score (nSPS) is 16.8. The maximum absolute atomic E-state index is 13.7. The SMILES string of the molecule is COC(=O)c1cnn(CCOCCOCCC2CN(C)CCC2Nc2cccc3c2cc(C#CCNC(=O)OC(C)(C)C)n3CC(F)(F)F)c1C. The standard InChI is InChI=1S/C36H49F3N6O6/c1-25-29(33(46)48-6)22-41-45(25)16-18-50-20-19-49-17-13-26-23-43(5)15-12-30(26)42-31-10-7-11-32-28(31)21-27(44(32)24-36(37,38)39)9-8-14-40-34(47)51-35(2,3)4/h7,10-11,21-22,26,30,42H,12-20,23-24H2,1-6H3,(H,40,47). The zero-order valence-electron chi connectivity index (χ0n) is 30.2. The summed E-state index contributed by atoms with van der Waals surface area (Å²) in [6, 6.07) is 7.04. The Morgan fingerprint density at radius 2 is 1.84 bits per heavy atom. The van der Waals surface area contributed by atoms with Crippen LogP contribution in [0.25, 0.3) is 10.9 Å². The van der Waals surface area contributed by atoms with Crippen molar-refractivity contribution >= 4 is 28.7 Å². The van der Waals surface area contributed by atoms with Crippen LogP contribution in [-0.2, 0) is 32.0 Å². The molecule has 2 atom stereocenters. The second-order valence-corrected chi connectivity index (χ2v) is 13.6. The predicted octanol–water partition coefficient (Wildman–Crippen LogP) is 5.23. The minimum absolute atomic E-state index is 0.0801. The van der Waals surface area contributed by atoms with E-state index in [9.17, 15) is 22.8 Å². The summed E-state index contributed by atoms with van der Waals surface area (Å²) in [5.41, 5.74) is 1.82. The fourth-order valence-electron chi connectivity index (χ4n) is 6.02. The van der Waals surface area contributed by atoms with Gasteiger partial charge in [-0.05, 0) is 84.2 Å². The molecule has 1 amide bonds. The highest BCUT2D eigenvalue weighted by Crippen LogP contribution is 2.32. The van der Waals surface area contributed by atoms with E-state index >= 15 is 0 Å². The van der Waals surface area contributed by atoms with Crippen LogP contribution in [-0.4, -0.2) is 109 Å². The number of benzene rings is 1. The maximum Gasteiger partial charge on any atom is 0.408 e. The van der Waals surface area contributed by atoms with Gasteiger partial charge in [0.1, 0.15) is 17.7 Å². The summed E-state index contributed by atoms with van der Waals surface area (Å²) >= 11 is 0. The molecule has 2 unspecified atom stereocenters. The number of piperidine rings is 1. The smallest absolute Gasteiger partial charge is 0.408 e. The van der Waals surface area contributed by atoms with Gasteiger partial charge in [0, 0.05) is 36.0 Å². The number of nitrogens with zero attached hydrogens (tertiary/aromatic N) is 4. The van der Waals surface area contributed by atoms with Gasteiger partial charge in [-0.3, -0.25) is 4.68 Å². The Hall–Kier alpha value is -4.26. The summed E-state index contributed by atoms with van der Waals surface area (Å²) < 4.78 is 65.5. The Kier molecular flexibility index (Phi) is 13.8. The number of carbonyl (C=O) groups excluding carboxylic acids is 2. The molecule has 3 heterocycles. The van der Waals surface area contributed by atoms with Crippen LogP contribution in [0.1, 0.15) is 55.4 Å². The topological polar surface area (TPSA) is 121 Å². The number of alkyl halides is 3. The third-order valence-corrected chi connectivity index (χ3v) is 8.46. The van der Waals surface area contributed by atoms with Gasteiger partial charge in [-0.25, -0.2) is 9.59 Å². The maximum atomic E-state index is 13.7. The van der Waals surface area contributed by atoms with Crippen LogP contribution in [0.2, 0.25) is 0 Å². The summed E-state index contributed by atoms with van der Waals surface area (Å²) in [4.78, 5) is 26.0. The Morgan fingerprint density at radius 3 is 2.55 bits per heavy atom. The number of aromatic nitrogens is 3. The molecule has 0 saturated carbocycles. The van der Waals surface area contributed by atoms with Crippen LogP contribution in [0.15, 0.2) is 30.5 Å². The number of amides is 1. The van der Waals surface area contributed by atoms with Crippen molar-refractivity contribution in [1.82, 2.24) is 24.6 Å². The quantitative estimate of drug-likeness (QED) is 0.131. The number of fused-ring (bicyclic) bond motifs is 1. The molecule has 1 fully saturated rings. The molecule has 1 aliphatic heterocycles. The minimum atomic E-state index is -4.46. The van der Waals surface area contributed by atoms with Crippen molar-refractivity contribution in [3.63, 3.8) is 0 Å². The first-order chi connectivity index (χ1) is 24.1. The first-order valence-electron chi connectivity index (χ1n) is 17.0. The average molecular weight is 719 g/mol. The number of alkyl carbamates (subject to hydrolysis) is 1. The van der Waals surface area contributed by atoms with Crippen LogP contribution in [0, 0.1) is 24.7 Å². The Bertz CT molecular complexity index is 1690. The first-order valence-corrected chi connectivity index (χ1v) is 17.0. The summed E-state index contributed by atoms with van der Waals surface area (Å²) in [6.45, 7) is 9.74. The van der Waals surface area contributed by atoms with Gasteiger partial charge in [0.05, 0.1) is 57.4 Å². The van der Waals surface area contributed by atoms with Crippen molar-refractivity contribution in [3.05, 3.63) is 47.4 Å². The van der Waals surface area contributed by atoms with Crippen LogP contribution >= 0.6 is 0 Å². The molecule has 0 bridgehead atoms. The van der Waals surface area contributed by atoms with Gasteiger partial charge in [-0.1, -0.05) is 12.0 Å². The van der Waals surface area contributed by atoms with Gasteiger partial charge in [0.15, 0.2) is 0 Å². The molecule has 0 spiro atoms. The lowest BCUT2D eigenvalue weighted by molar-refractivity contribution is -0.140. The summed E-state index contributed by atoms with van der Waals surface area (Å²) in [7, 11) is 3.41. The molecule has 1 aliphatic rings. The van der Waals surface area contributed by atoms with Crippen molar-refractivity contribution in [2.45, 2.75) is 71.4 Å². The number of likely N-dealkylation sites (tertiary alicyclic amines) is 1. The van der Waals surface area contributed by atoms with E-state index in [4.69, 9.17) is 18.9 Å². The zero-order valence-corrected chi connectivity index (χ0v) is 30.2. The van der Waals surface area contributed by atoms with E-state index in [1.165, 1.54) is 17.9 Å². The van der Waals surface area contributed by atoms with E-state index in [0.29, 0.717) is 49.4 Å². The Morgan fingerprint density at radius 1 is 1.10 bits per heavy atom. The molecule has 12 nitrogen and oxygen atoms in total. The van der Waals surface area contributed by atoms with Gasteiger partial charge in [-0.15, -0.1) is 0 Å². The van der Waals surface area contributed by atoms with Gasteiger partial charge in [-0.2, -0.15) is 18.3 Å². The molecular weight excluding hydrogens is 669 g/mol. The number of rotatable bonds is 14. The number of methoxy groups -OCH3 is 1. The average Bonchev–Trinajstić information content (AvgIpc) is 3.59. The molecule has 2 N–H and O–H groups in total. The number of nitrogens with one attached hydrogen (secondary N) is 2. The van der Waals surface area contributed by atoms with E-state index in [1.54, 1.807) is 50.6 Å². The second-order valence-electron chi connectivity index (χ2n) is 13.6. The lowest BCUT2D eigenvalue weighted by Crippen LogP contribution is -2.45. The predicted molar refractivity (Wildman–Crippen MR) is 187 cm³/mol. The van der Waals surface area contributed by atoms with E-state index < -0.39 is 30.4 Å². The van der Waals surface area contributed by atoms with Crippen molar-refractivity contribution in [3.8, 4) is 11.8 Å². The summed E-state index contributed by atoms with van der Waals surface area (Å²) in [5.74, 6) is 5.40. The number of hydrogen-bond acceptors (Lipinski definition) is 9. The largest absolute Gasteiger partial charge is 0.465 e. The van der Waals surface area contributed by atoms with Crippen LogP contribution in [0.4, 0.5) is 23.7 Å². The number of esters is 1. The lowest BCUT2D eigenvalue weighted by atomic mass is 9.89. The molecule has 3 aromatic rings. The van der Waals surface area contributed by atoms with Crippen LogP contribution in [0.5, 0.6) is 0 Å².